The quantitative estimate of drug-likeness (QED) is 0.532. The summed E-state index contributed by atoms with van der Waals surface area (Å²) in [6.45, 7) is 6.98. The Kier molecular flexibility index (Phi) is 4.43. The van der Waals surface area contributed by atoms with Gasteiger partial charge < -0.3 is 10.1 Å². The molecule has 1 aromatic carbocycles. The summed E-state index contributed by atoms with van der Waals surface area (Å²) in [5, 5.41) is 3.48. The number of ether oxygens (including phenoxy) is 1. The van der Waals surface area contributed by atoms with Gasteiger partial charge in [-0.15, -0.1) is 0 Å². The van der Waals surface area contributed by atoms with Crippen molar-refractivity contribution in [3.05, 3.63) is 40.2 Å². The molecule has 0 saturated heterocycles. The minimum atomic E-state index is -0.337. The molecule has 1 aromatic heterocycles. The number of carbonyl (C=O) groups excluding carboxylic acids is 1. The van der Waals surface area contributed by atoms with Crippen LogP contribution < -0.4 is 10.1 Å². The molecule has 0 spiro atoms. The van der Waals surface area contributed by atoms with Gasteiger partial charge in [0.1, 0.15) is 10.9 Å². The summed E-state index contributed by atoms with van der Waals surface area (Å²) >= 11 is 5.91. The molecule has 0 unspecified atom stereocenters. The Morgan fingerprint density at radius 3 is 2.29 bits per heavy atom. The second-order valence-corrected chi connectivity index (χ2v) is 5.20. The van der Waals surface area contributed by atoms with Gasteiger partial charge >= 0.3 is 5.97 Å². The molecule has 0 fully saturated rings. The van der Waals surface area contributed by atoms with E-state index in [2.05, 4.69) is 15.3 Å². The van der Waals surface area contributed by atoms with Crippen molar-refractivity contribution < 1.29 is 9.53 Å². The zero-order chi connectivity index (χ0) is 15.6. The van der Waals surface area contributed by atoms with Gasteiger partial charge in [-0.3, -0.25) is 4.79 Å². The lowest BCUT2D eigenvalue weighted by Crippen LogP contribution is -2.05. The summed E-state index contributed by atoms with van der Waals surface area (Å²) in [7, 11) is 0. The van der Waals surface area contributed by atoms with E-state index in [0.717, 1.165) is 22.5 Å². The summed E-state index contributed by atoms with van der Waals surface area (Å²) in [4.78, 5) is 19.5. The van der Waals surface area contributed by atoms with Gasteiger partial charge in [0, 0.05) is 18.3 Å². The van der Waals surface area contributed by atoms with Gasteiger partial charge in [0.15, 0.2) is 0 Å². The Morgan fingerprint density at radius 2 is 1.76 bits per heavy atom. The highest BCUT2D eigenvalue weighted by Crippen LogP contribution is 2.28. The summed E-state index contributed by atoms with van der Waals surface area (Å²) in [5.74, 6) is 0.672. The molecule has 6 heteroatoms. The molecule has 0 bridgehead atoms. The number of nitrogens with zero attached hydrogens (tertiary/aromatic N) is 2. The van der Waals surface area contributed by atoms with Gasteiger partial charge in [-0.1, -0.05) is 11.6 Å². The summed E-state index contributed by atoms with van der Waals surface area (Å²) < 4.78 is 5.20. The van der Waals surface area contributed by atoms with Crippen LogP contribution in [0.1, 0.15) is 23.7 Å². The van der Waals surface area contributed by atoms with E-state index in [9.17, 15) is 4.79 Å². The van der Waals surface area contributed by atoms with Crippen LogP contribution in [0.3, 0.4) is 0 Å². The first-order valence-corrected chi connectivity index (χ1v) is 6.81. The van der Waals surface area contributed by atoms with Crippen molar-refractivity contribution in [2.24, 2.45) is 0 Å². The smallest absolute Gasteiger partial charge is 0.308 e. The first kappa shape index (κ1) is 15.3. The molecule has 21 heavy (non-hydrogen) atoms. The second kappa shape index (κ2) is 6.10. The third-order valence-electron chi connectivity index (χ3n) is 2.79. The fourth-order valence-electron chi connectivity index (χ4n) is 2.04. The number of aromatic nitrogens is 2. The molecule has 5 nitrogen and oxygen atoms in total. The monoisotopic (exact) mass is 305 g/mol. The van der Waals surface area contributed by atoms with E-state index in [1.54, 1.807) is 6.07 Å². The second-order valence-electron chi connectivity index (χ2n) is 4.81. The molecule has 0 aliphatic rings. The Morgan fingerprint density at radius 1 is 1.14 bits per heavy atom. The summed E-state index contributed by atoms with van der Waals surface area (Å²) in [6, 6.07) is 5.42. The Bertz CT molecular complexity index is 658. The lowest BCUT2D eigenvalue weighted by atomic mass is 10.1. The first-order valence-electron chi connectivity index (χ1n) is 6.43. The highest BCUT2D eigenvalue weighted by atomic mass is 35.5. The maximum atomic E-state index is 11.1. The lowest BCUT2D eigenvalue weighted by Gasteiger charge is -2.12. The zero-order valence-corrected chi connectivity index (χ0v) is 13.1. The topological polar surface area (TPSA) is 64.1 Å². The van der Waals surface area contributed by atoms with E-state index in [1.165, 1.54) is 6.92 Å². The van der Waals surface area contributed by atoms with E-state index < -0.39 is 0 Å². The molecule has 0 aliphatic carbocycles. The minimum Gasteiger partial charge on any atom is -0.426 e. The lowest BCUT2D eigenvalue weighted by molar-refractivity contribution is -0.131. The number of nitrogens with one attached hydrogen (secondary N) is 1. The van der Waals surface area contributed by atoms with Crippen LogP contribution in [-0.4, -0.2) is 15.9 Å². The van der Waals surface area contributed by atoms with E-state index in [1.807, 2.05) is 32.9 Å². The fraction of sp³-hybridized carbons (Fsp3) is 0.267. The zero-order valence-electron chi connectivity index (χ0n) is 12.3. The van der Waals surface area contributed by atoms with Crippen molar-refractivity contribution in [2.45, 2.75) is 27.7 Å². The molecule has 2 rings (SSSR count). The Hall–Kier alpha value is -2.14. The molecule has 0 aliphatic heterocycles. The van der Waals surface area contributed by atoms with Crippen molar-refractivity contribution in [1.82, 2.24) is 9.97 Å². The predicted octanol–water partition coefficient (Wildman–Crippen LogP) is 3.72. The van der Waals surface area contributed by atoms with Crippen LogP contribution in [0.15, 0.2) is 18.2 Å². The molecule has 110 valence electrons. The fourth-order valence-corrected chi connectivity index (χ4v) is 2.28. The first-order chi connectivity index (χ1) is 9.85. The normalized spacial score (nSPS) is 10.3. The number of aryl methyl sites for hydroxylation is 3. The number of rotatable bonds is 3. The molecule has 1 heterocycles. The van der Waals surface area contributed by atoms with Gasteiger partial charge in [0.2, 0.25) is 5.95 Å². The van der Waals surface area contributed by atoms with Crippen molar-refractivity contribution in [1.29, 1.82) is 0 Å². The molecular weight excluding hydrogens is 290 g/mol. The molecule has 0 atom stereocenters. The average molecular weight is 306 g/mol. The van der Waals surface area contributed by atoms with E-state index in [4.69, 9.17) is 16.3 Å². The number of hydrogen-bond donors (Lipinski definition) is 1. The van der Waals surface area contributed by atoms with Gasteiger partial charge in [-0.25, -0.2) is 9.97 Å². The molecule has 0 saturated carbocycles. The van der Waals surface area contributed by atoms with Crippen molar-refractivity contribution in [3.63, 3.8) is 0 Å². The number of carbonyl (C=O) groups is 1. The number of hydrogen-bond acceptors (Lipinski definition) is 5. The van der Waals surface area contributed by atoms with Crippen molar-refractivity contribution >= 4 is 29.2 Å². The Labute approximate surface area is 128 Å². The van der Waals surface area contributed by atoms with Crippen molar-refractivity contribution in [3.8, 4) is 5.75 Å². The third kappa shape index (κ3) is 3.92. The van der Waals surface area contributed by atoms with Crippen LogP contribution in [0.4, 0.5) is 11.6 Å². The number of benzene rings is 1. The number of anilines is 2. The molecule has 2 aromatic rings. The SMILES string of the molecule is CC(=O)Oc1c(C)cc(Nc2nc(C)cc(Cl)n2)cc1C. The van der Waals surface area contributed by atoms with Crippen LogP contribution in [0, 0.1) is 20.8 Å². The van der Waals surface area contributed by atoms with Crippen LogP contribution in [0.25, 0.3) is 0 Å². The molecule has 0 radical (unpaired) electrons. The maximum Gasteiger partial charge on any atom is 0.308 e. The standard InChI is InChI=1S/C15H16ClN3O2/c1-8-5-12(6-9(2)14(8)21-11(4)20)18-15-17-10(3)7-13(16)19-15/h5-7H,1-4H3,(H,17,18,19). The van der Waals surface area contributed by atoms with Crippen LogP contribution >= 0.6 is 11.6 Å². The predicted molar refractivity (Wildman–Crippen MR) is 82.3 cm³/mol. The van der Waals surface area contributed by atoms with Gasteiger partial charge in [-0.2, -0.15) is 0 Å². The minimum absolute atomic E-state index is 0.337. The third-order valence-corrected chi connectivity index (χ3v) is 2.98. The highest BCUT2D eigenvalue weighted by Gasteiger charge is 2.10. The number of halogens is 1. The van der Waals surface area contributed by atoms with Crippen molar-refractivity contribution in [2.75, 3.05) is 5.32 Å². The van der Waals surface area contributed by atoms with E-state index in [-0.39, 0.29) is 5.97 Å². The van der Waals surface area contributed by atoms with Gasteiger partial charge in [-0.05, 0) is 50.1 Å². The highest BCUT2D eigenvalue weighted by molar-refractivity contribution is 6.29. The largest absolute Gasteiger partial charge is 0.426 e. The summed E-state index contributed by atoms with van der Waals surface area (Å²) in [5.41, 5.74) is 3.29. The van der Waals surface area contributed by atoms with E-state index in [0.29, 0.717) is 16.9 Å². The number of esters is 1. The van der Waals surface area contributed by atoms with Gasteiger partial charge in [0.05, 0.1) is 0 Å². The maximum absolute atomic E-state index is 11.1. The average Bonchev–Trinajstić information content (AvgIpc) is 2.32. The molecular formula is C15H16ClN3O2. The van der Waals surface area contributed by atoms with Crippen LogP contribution in [0.2, 0.25) is 5.15 Å². The molecule has 0 amide bonds. The summed E-state index contributed by atoms with van der Waals surface area (Å²) in [6.07, 6.45) is 0. The Balaban J connectivity index is 2.31. The van der Waals surface area contributed by atoms with Gasteiger partial charge in [0.25, 0.3) is 0 Å². The molecule has 1 N–H and O–H groups in total. The van der Waals surface area contributed by atoms with Crippen LogP contribution in [-0.2, 0) is 4.79 Å². The van der Waals surface area contributed by atoms with E-state index >= 15 is 0 Å². The van der Waals surface area contributed by atoms with Crippen LogP contribution in [0.5, 0.6) is 5.75 Å².